The molecule has 0 radical (unpaired) electrons. The summed E-state index contributed by atoms with van der Waals surface area (Å²) < 4.78 is 12.8. The van der Waals surface area contributed by atoms with Gasteiger partial charge < -0.3 is 16.0 Å². The van der Waals surface area contributed by atoms with Crippen LogP contribution >= 0.6 is 24.0 Å². The Kier molecular flexibility index (Phi) is 13.0. The predicted molar refractivity (Wildman–Crippen MR) is 117 cm³/mol. The average Bonchev–Trinajstić information content (AvgIpc) is 2.57. The second-order valence-corrected chi connectivity index (χ2v) is 6.67. The number of halogens is 2. The van der Waals surface area contributed by atoms with Gasteiger partial charge >= 0.3 is 0 Å². The van der Waals surface area contributed by atoms with Crippen molar-refractivity contribution in [3.05, 3.63) is 35.6 Å². The highest BCUT2D eigenvalue weighted by molar-refractivity contribution is 14.0. The van der Waals surface area contributed by atoms with E-state index in [1.807, 2.05) is 0 Å². The molecule has 0 saturated carbocycles. The van der Waals surface area contributed by atoms with E-state index in [1.165, 1.54) is 18.6 Å². The standard InChI is InChI=1S/C19H31FN4O.HI/c1-14(2)5-6-15(3)24-19(21-4)23-12-11-22-18(25)13-16-7-9-17(20)10-8-16;/h7-10,14-15H,5-6,11-13H2,1-4H3,(H,22,25)(H2,21,23,24);1H. The molecule has 1 aromatic carbocycles. The number of guanidine groups is 1. The monoisotopic (exact) mass is 478 g/mol. The molecule has 1 amide bonds. The van der Waals surface area contributed by atoms with Crippen molar-refractivity contribution in [2.45, 2.75) is 46.1 Å². The van der Waals surface area contributed by atoms with Gasteiger partial charge in [-0.1, -0.05) is 26.0 Å². The molecule has 0 aromatic heterocycles. The van der Waals surface area contributed by atoms with Crippen LogP contribution in [-0.2, 0) is 11.2 Å². The highest BCUT2D eigenvalue weighted by Crippen LogP contribution is 2.06. The maximum Gasteiger partial charge on any atom is 0.224 e. The number of hydrogen-bond acceptors (Lipinski definition) is 2. The molecule has 5 nitrogen and oxygen atoms in total. The quantitative estimate of drug-likeness (QED) is 0.221. The summed E-state index contributed by atoms with van der Waals surface area (Å²) in [5.41, 5.74) is 0.795. The summed E-state index contributed by atoms with van der Waals surface area (Å²) in [5, 5.41) is 9.38. The summed E-state index contributed by atoms with van der Waals surface area (Å²) in [5.74, 6) is 1.05. The zero-order valence-electron chi connectivity index (χ0n) is 16.1. The van der Waals surface area contributed by atoms with Gasteiger partial charge in [0.1, 0.15) is 5.82 Å². The Morgan fingerprint density at radius 1 is 1.08 bits per heavy atom. The van der Waals surface area contributed by atoms with Gasteiger partial charge in [-0.05, 0) is 43.4 Å². The number of rotatable bonds is 9. The molecule has 1 atom stereocenters. The molecule has 148 valence electrons. The van der Waals surface area contributed by atoms with E-state index in [0.717, 1.165) is 17.9 Å². The molecule has 1 aromatic rings. The third kappa shape index (κ3) is 11.3. The minimum absolute atomic E-state index is 0. The fourth-order valence-electron chi connectivity index (χ4n) is 2.32. The second kappa shape index (κ2) is 13.8. The largest absolute Gasteiger partial charge is 0.355 e. The summed E-state index contributed by atoms with van der Waals surface area (Å²) in [6.07, 6.45) is 2.51. The molecule has 0 fully saturated rings. The molecule has 0 aliphatic heterocycles. The van der Waals surface area contributed by atoms with E-state index in [9.17, 15) is 9.18 Å². The van der Waals surface area contributed by atoms with Crippen molar-refractivity contribution >= 4 is 35.8 Å². The minimum Gasteiger partial charge on any atom is -0.355 e. The van der Waals surface area contributed by atoms with Crippen molar-refractivity contribution in [2.24, 2.45) is 10.9 Å². The van der Waals surface area contributed by atoms with E-state index in [2.05, 4.69) is 41.7 Å². The first-order valence-electron chi connectivity index (χ1n) is 8.89. The predicted octanol–water partition coefficient (Wildman–Crippen LogP) is 3.09. The Morgan fingerprint density at radius 2 is 1.69 bits per heavy atom. The minimum atomic E-state index is -0.296. The molecule has 1 rings (SSSR count). The van der Waals surface area contributed by atoms with E-state index >= 15 is 0 Å². The van der Waals surface area contributed by atoms with Gasteiger partial charge in [-0.3, -0.25) is 9.79 Å². The van der Waals surface area contributed by atoms with Gasteiger partial charge in [-0.15, -0.1) is 24.0 Å². The second-order valence-electron chi connectivity index (χ2n) is 6.67. The van der Waals surface area contributed by atoms with Crippen LogP contribution in [-0.4, -0.2) is 38.0 Å². The maximum absolute atomic E-state index is 12.8. The normalized spacial score (nSPS) is 12.3. The van der Waals surface area contributed by atoms with Gasteiger partial charge in [-0.25, -0.2) is 4.39 Å². The van der Waals surface area contributed by atoms with Crippen molar-refractivity contribution in [1.29, 1.82) is 0 Å². The lowest BCUT2D eigenvalue weighted by molar-refractivity contribution is -0.120. The number of carbonyl (C=O) groups excluding carboxylic acids is 1. The van der Waals surface area contributed by atoms with Crippen LogP contribution in [0.2, 0.25) is 0 Å². The lowest BCUT2D eigenvalue weighted by Gasteiger charge is -2.18. The summed E-state index contributed by atoms with van der Waals surface area (Å²) >= 11 is 0. The van der Waals surface area contributed by atoms with E-state index < -0.39 is 0 Å². The number of benzene rings is 1. The van der Waals surface area contributed by atoms with Gasteiger partial charge in [0, 0.05) is 26.2 Å². The van der Waals surface area contributed by atoms with E-state index in [4.69, 9.17) is 0 Å². The lowest BCUT2D eigenvalue weighted by Crippen LogP contribution is -2.45. The van der Waals surface area contributed by atoms with E-state index in [1.54, 1.807) is 19.2 Å². The number of nitrogens with zero attached hydrogens (tertiary/aromatic N) is 1. The summed E-state index contributed by atoms with van der Waals surface area (Å²) in [6, 6.07) is 6.32. The van der Waals surface area contributed by atoms with Gasteiger partial charge in [0.25, 0.3) is 0 Å². The number of hydrogen-bond donors (Lipinski definition) is 3. The van der Waals surface area contributed by atoms with Gasteiger partial charge in [0.2, 0.25) is 5.91 Å². The van der Waals surface area contributed by atoms with Gasteiger partial charge in [-0.2, -0.15) is 0 Å². The summed E-state index contributed by atoms with van der Waals surface area (Å²) in [4.78, 5) is 16.1. The third-order valence-corrected chi connectivity index (χ3v) is 3.80. The SMILES string of the molecule is CN=C(NCCNC(=O)Cc1ccc(F)cc1)NC(C)CCC(C)C.I. The first-order chi connectivity index (χ1) is 11.9. The van der Waals surface area contributed by atoms with Crippen molar-refractivity contribution in [3.63, 3.8) is 0 Å². The number of amides is 1. The molecule has 7 heteroatoms. The van der Waals surface area contributed by atoms with Crippen LogP contribution in [0.15, 0.2) is 29.3 Å². The highest BCUT2D eigenvalue weighted by atomic mass is 127. The third-order valence-electron chi connectivity index (χ3n) is 3.80. The Morgan fingerprint density at radius 3 is 2.27 bits per heavy atom. The lowest BCUT2D eigenvalue weighted by atomic mass is 10.0. The maximum atomic E-state index is 12.8. The zero-order chi connectivity index (χ0) is 18.7. The van der Waals surface area contributed by atoms with Gasteiger partial charge in [0.05, 0.1) is 6.42 Å². The molecule has 0 aliphatic carbocycles. The van der Waals surface area contributed by atoms with Gasteiger partial charge in [0.15, 0.2) is 5.96 Å². The van der Waals surface area contributed by atoms with Crippen molar-refractivity contribution < 1.29 is 9.18 Å². The summed E-state index contributed by atoms with van der Waals surface area (Å²) in [7, 11) is 1.73. The van der Waals surface area contributed by atoms with Crippen LogP contribution in [0, 0.1) is 11.7 Å². The number of aliphatic imine (C=N–C) groups is 1. The number of carbonyl (C=O) groups is 1. The van der Waals surface area contributed by atoms with Crippen molar-refractivity contribution in [3.8, 4) is 0 Å². The fourth-order valence-corrected chi connectivity index (χ4v) is 2.32. The van der Waals surface area contributed by atoms with Crippen LogP contribution in [0.1, 0.15) is 39.2 Å². The first-order valence-corrected chi connectivity index (χ1v) is 8.89. The van der Waals surface area contributed by atoms with Crippen molar-refractivity contribution in [1.82, 2.24) is 16.0 Å². The first kappa shape index (κ1) is 24.6. The molecule has 26 heavy (non-hydrogen) atoms. The van der Waals surface area contributed by atoms with E-state index in [0.29, 0.717) is 25.0 Å². The average molecular weight is 478 g/mol. The highest BCUT2D eigenvalue weighted by Gasteiger charge is 2.07. The molecule has 0 aliphatic rings. The van der Waals surface area contributed by atoms with Crippen LogP contribution in [0.4, 0.5) is 4.39 Å². The molecule has 3 N–H and O–H groups in total. The number of nitrogens with one attached hydrogen (secondary N) is 3. The molecule has 0 spiro atoms. The fraction of sp³-hybridized carbons (Fsp3) is 0.579. The van der Waals surface area contributed by atoms with Crippen LogP contribution in [0.3, 0.4) is 0 Å². The molecule has 0 bridgehead atoms. The van der Waals surface area contributed by atoms with E-state index in [-0.39, 0.29) is 42.1 Å². The Bertz CT molecular complexity index is 549. The molecule has 1 unspecified atom stereocenters. The Hall–Kier alpha value is -1.38. The summed E-state index contributed by atoms with van der Waals surface area (Å²) in [6.45, 7) is 7.66. The van der Waals surface area contributed by atoms with Crippen molar-refractivity contribution in [2.75, 3.05) is 20.1 Å². The molecular formula is C19H32FIN4O. The van der Waals surface area contributed by atoms with Crippen LogP contribution < -0.4 is 16.0 Å². The Balaban J connectivity index is 0.00000625. The van der Waals surface area contributed by atoms with Crippen LogP contribution in [0.25, 0.3) is 0 Å². The zero-order valence-corrected chi connectivity index (χ0v) is 18.5. The molecule has 0 heterocycles. The molecule has 0 saturated heterocycles. The topological polar surface area (TPSA) is 65.5 Å². The smallest absolute Gasteiger partial charge is 0.224 e. The molecular weight excluding hydrogens is 446 g/mol. The van der Waals surface area contributed by atoms with Crippen LogP contribution in [0.5, 0.6) is 0 Å². The Labute approximate surface area is 173 Å².